The van der Waals surface area contributed by atoms with Crippen molar-refractivity contribution in [2.24, 2.45) is 5.92 Å². The second-order valence-corrected chi connectivity index (χ2v) is 7.02. The number of hydrogen-bond donors (Lipinski definition) is 0. The van der Waals surface area contributed by atoms with Crippen LogP contribution < -0.4 is 9.64 Å². The minimum absolute atomic E-state index is 0.145. The summed E-state index contributed by atoms with van der Waals surface area (Å²) in [5.74, 6) is -4.86. The molecular formula is C21H20F3NO3. The summed E-state index contributed by atoms with van der Waals surface area (Å²) in [6, 6.07) is 12.1. The molecule has 2 aromatic carbocycles. The van der Waals surface area contributed by atoms with E-state index < -0.39 is 35.9 Å². The summed E-state index contributed by atoms with van der Waals surface area (Å²) in [5, 5.41) is 0. The molecule has 0 unspecified atom stereocenters. The van der Waals surface area contributed by atoms with E-state index in [1.807, 2.05) is 0 Å². The van der Waals surface area contributed by atoms with Gasteiger partial charge in [-0.3, -0.25) is 9.59 Å². The molecule has 1 aliphatic rings. The molecule has 0 fully saturated rings. The van der Waals surface area contributed by atoms with E-state index in [0.717, 1.165) is 0 Å². The number of anilines is 1. The first-order valence-corrected chi connectivity index (χ1v) is 8.88. The number of nitrogens with zero attached hydrogens (tertiary/aromatic N) is 1. The van der Waals surface area contributed by atoms with Gasteiger partial charge in [0.15, 0.2) is 0 Å². The first kappa shape index (κ1) is 19.9. The van der Waals surface area contributed by atoms with Gasteiger partial charge in [-0.2, -0.15) is 13.2 Å². The van der Waals surface area contributed by atoms with E-state index in [2.05, 4.69) is 0 Å². The Morgan fingerprint density at radius 3 is 2.29 bits per heavy atom. The van der Waals surface area contributed by atoms with Gasteiger partial charge in [-0.1, -0.05) is 30.3 Å². The van der Waals surface area contributed by atoms with Crippen molar-refractivity contribution in [3.05, 3.63) is 59.7 Å². The molecule has 28 heavy (non-hydrogen) atoms. The summed E-state index contributed by atoms with van der Waals surface area (Å²) in [7, 11) is 0. The number of esters is 1. The van der Waals surface area contributed by atoms with Gasteiger partial charge in [-0.15, -0.1) is 0 Å². The molecule has 0 saturated carbocycles. The quantitative estimate of drug-likeness (QED) is 0.564. The van der Waals surface area contributed by atoms with Crippen LogP contribution in [0, 0.1) is 5.92 Å². The first-order valence-electron chi connectivity index (χ1n) is 8.88. The maximum absolute atomic E-state index is 14.0. The molecule has 0 aliphatic carbocycles. The van der Waals surface area contributed by atoms with Gasteiger partial charge >= 0.3 is 12.1 Å². The molecule has 1 heterocycles. The van der Waals surface area contributed by atoms with E-state index in [1.54, 1.807) is 44.2 Å². The monoisotopic (exact) mass is 391 g/mol. The molecule has 0 saturated heterocycles. The van der Waals surface area contributed by atoms with Crippen molar-refractivity contribution < 1.29 is 27.5 Å². The van der Waals surface area contributed by atoms with Crippen molar-refractivity contribution in [2.75, 3.05) is 4.90 Å². The van der Waals surface area contributed by atoms with Crippen molar-refractivity contribution in [3.8, 4) is 5.75 Å². The van der Waals surface area contributed by atoms with Crippen LogP contribution in [0.1, 0.15) is 37.8 Å². The third-order valence-corrected chi connectivity index (χ3v) is 4.72. The Labute approximate surface area is 160 Å². The van der Waals surface area contributed by atoms with E-state index in [1.165, 1.54) is 30.0 Å². The lowest BCUT2D eigenvalue weighted by molar-refractivity contribution is -0.185. The van der Waals surface area contributed by atoms with Crippen molar-refractivity contribution in [1.82, 2.24) is 0 Å². The van der Waals surface area contributed by atoms with Crippen molar-refractivity contribution in [3.63, 3.8) is 0 Å². The molecule has 0 N–H and O–H groups in total. The van der Waals surface area contributed by atoms with Crippen LogP contribution in [0.25, 0.3) is 0 Å². The van der Waals surface area contributed by atoms with Crippen LogP contribution >= 0.6 is 0 Å². The fraction of sp³-hybridized carbons (Fsp3) is 0.333. The zero-order valence-corrected chi connectivity index (χ0v) is 15.7. The number of amides is 1. The summed E-state index contributed by atoms with van der Waals surface area (Å²) in [5.41, 5.74) is 1.08. The SMILES string of the molecule is CC(=O)Oc1ccc2c(c1)[C@H](c1ccccc1)[C@@H](C(F)(F)F)C(=O)N2C(C)C. The standard InChI is InChI=1S/C21H20F3NO3/c1-12(2)25-17-10-9-15(28-13(3)26)11-16(17)18(14-7-5-4-6-8-14)19(20(25)27)21(22,23)24/h4-12,18-19H,1-3H3/t18-,19+/m0/s1. The van der Waals surface area contributed by atoms with Gasteiger partial charge in [-0.25, -0.2) is 0 Å². The lowest BCUT2D eigenvalue weighted by atomic mass is 9.75. The summed E-state index contributed by atoms with van der Waals surface area (Å²) in [4.78, 5) is 25.4. The number of halogens is 3. The molecule has 1 amide bonds. The zero-order valence-electron chi connectivity index (χ0n) is 15.7. The largest absolute Gasteiger partial charge is 0.427 e. The average Bonchev–Trinajstić information content (AvgIpc) is 2.59. The topological polar surface area (TPSA) is 46.6 Å². The highest BCUT2D eigenvalue weighted by Gasteiger charge is 2.55. The summed E-state index contributed by atoms with van der Waals surface area (Å²) in [6.45, 7) is 4.55. The van der Waals surface area contributed by atoms with Crippen LogP contribution in [0.5, 0.6) is 5.75 Å². The fourth-order valence-corrected chi connectivity index (χ4v) is 3.72. The van der Waals surface area contributed by atoms with Gasteiger partial charge in [0.25, 0.3) is 0 Å². The third kappa shape index (κ3) is 3.61. The zero-order chi connectivity index (χ0) is 20.6. The molecule has 1 aliphatic heterocycles. The molecule has 7 heteroatoms. The molecule has 4 nitrogen and oxygen atoms in total. The van der Waals surface area contributed by atoms with E-state index in [0.29, 0.717) is 16.8 Å². The summed E-state index contributed by atoms with van der Waals surface area (Å²) in [6.07, 6.45) is -4.74. The van der Waals surface area contributed by atoms with Gasteiger partial charge in [0.2, 0.25) is 5.91 Å². The van der Waals surface area contributed by atoms with E-state index >= 15 is 0 Å². The highest BCUT2D eigenvalue weighted by atomic mass is 19.4. The smallest absolute Gasteiger partial charge is 0.401 e. The van der Waals surface area contributed by atoms with Gasteiger partial charge in [0, 0.05) is 24.6 Å². The number of rotatable bonds is 3. The number of carbonyl (C=O) groups excluding carboxylic acids is 2. The Bertz CT molecular complexity index is 894. The Morgan fingerprint density at radius 2 is 1.75 bits per heavy atom. The average molecular weight is 391 g/mol. The van der Waals surface area contributed by atoms with Gasteiger partial charge in [0.05, 0.1) is 0 Å². The van der Waals surface area contributed by atoms with Crippen LogP contribution in [0.2, 0.25) is 0 Å². The number of hydrogen-bond acceptors (Lipinski definition) is 3. The van der Waals surface area contributed by atoms with Crippen LogP contribution in [0.4, 0.5) is 18.9 Å². The van der Waals surface area contributed by atoms with Crippen LogP contribution in [-0.2, 0) is 9.59 Å². The second kappa shape index (κ2) is 7.30. The molecule has 3 rings (SSSR count). The predicted octanol–water partition coefficient (Wildman–Crippen LogP) is 4.68. The number of carbonyl (C=O) groups is 2. The van der Waals surface area contributed by atoms with Crippen LogP contribution in [0.15, 0.2) is 48.5 Å². The maximum atomic E-state index is 14.0. The number of ether oxygens (including phenoxy) is 1. The summed E-state index contributed by atoms with van der Waals surface area (Å²) >= 11 is 0. The van der Waals surface area contributed by atoms with E-state index in [4.69, 9.17) is 4.74 Å². The van der Waals surface area contributed by atoms with Gasteiger partial charge in [0.1, 0.15) is 11.7 Å². The van der Waals surface area contributed by atoms with Crippen LogP contribution in [0.3, 0.4) is 0 Å². The van der Waals surface area contributed by atoms with E-state index in [-0.39, 0.29) is 5.75 Å². The minimum Gasteiger partial charge on any atom is -0.427 e. The maximum Gasteiger partial charge on any atom is 0.401 e. The Kier molecular flexibility index (Phi) is 5.19. The predicted molar refractivity (Wildman–Crippen MR) is 98.2 cm³/mol. The molecule has 0 bridgehead atoms. The number of alkyl halides is 3. The normalized spacial score (nSPS) is 19.5. The Morgan fingerprint density at radius 1 is 1.11 bits per heavy atom. The lowest BCUT2D eigenvalue weighted by Gasteiger charge is -2.42. The summed E-state index contributed by atoms with van der Waals surface area (Å²) < 4.78 is 47.2. The molecular weight excluding hydrogens is 371 g/mol. The highest BCUT2D eigenvalue weighted by Crippen LogP contribution is 2.50. The van der Waals surface area contributed by atoms with Gasteiger partial charge < -0.3 is 9.64 Å². The molecule has 0 radical (unpaired) electrons. The van der Waals surface area contributed by atoms with Crippen LogP contribution in [-0.4, -0.2) is 24.1 Å². The second-order valence-electron chi connectivity index (χ2n) is 7.02. The van der Waals surface area contributed by atoms with Crippen molar-refractivity contribution in [2.45, 2.75) is 38.9 Å². The molecule has 0 aromatic heterocycles. The van der Waals surface area contributed by atoms with Crippen molar-refractivity contribution >= 4 is 17.6 Å². The Balaban J connectivity index is 2.28. The lowest BCUT2D eigenvalue weighted by Crippen LogP contribution is -2.52. The third-order valence-electron chi connectivity index (χ3n) is 4.72. The van der Waals surface area contributed by atoms with Crippen molar-refractivity contribution in [1.29, 1.82) is 0 Å². The molecule has 2 atom stereocenters. The number of fused-ring (bicyclic) bond motifs is 1. The highest BCUT2D eigenvalue weighted by molar-refractivity contribution is 6.00. The molecule has 2 aromatic rings. The molecule has 148 valence electrons. The first-order chi connectivity index (χ1) is 13.1. The molecule has 0 spiro atoms. The Hall–Kier alpha value is -2.83. The minimum atomic E-state index is -4.74. The fourth-order valence-electron chi connectivity index (χ4n) is 3.72. The van der Waals surface area contributed by atoms with E-state index in [9.17, 15) is 22.8 Å². The van der Waals surface area contributed by atoms with Gasteiger partial charge in [-0.05, 0) is 43.2 Å². The number of benzene rings is 2.